The van der Waals surface area contributed by atoms with Gasteiger partial charge >= 0.3 is 0 Å². The fourth-order valence-electron chi connectivity index (χ4n) is 7.47. The first-order chi connectivity index (χ1) is 13.1. The van der Waals surface area contributed by atoms with Crippen LogP contribution in [0.15, 0.2) is 11.0 Å². The summed E-state index contributed by atoms with van der Waals surface area (Å²) in [5, 5.41) is 3.36. The Hall–Kier alpha value is -1.69. The maximum absolute atomic E-state index is 13.0. The molecular weight excluding hydrogens is 340 g/mol. The summed E-state index contributed by atoms with van der Waals surface area (Å²) >= 11 is 0. The molecule has 4 bridgehead atoms. The van der Waals surface area contributed by atoms with Crippen molar-refractivity contribution >= 4 is 5.91 Å². The van der Waals surface area contributed by atoms with Crippen molar-refractivity contribution in [3.63, 3.8) is 0 Å². The van der Waals surface area contributed by atoms with Gasteiger partial charge in [-0.2, -0.15) is 0 Å². The maximum atomic E-state index is 13.0. The molecule has 6 aliphatic rings. The number of hydrogen-bond donors (Lipinski definition) is 2. The number of aromatic nitrogens is 2. The van der Waals surface area contributed by atoms with Gasteiger partial charge in [0.1, 0.15) is 11.4 Å². The third-order valence-electron chi connectivity index (χ3n) is 8.28. The number of nitrogens with one attached hydrogen (secondary N) is 2. The van der Waals surface area contributed by atoms with Crippen LogP contribution in [0.2, 0.25) is 0 Å². The molecule has 3 heterocycles. The van der Waals surface area contributed by atoms with Gasteiger partial charge in [-0.15, -0.1) is 0 Å². The summed E-state index contributed by atoms with van der Waals surface area (Å²) in [4.78, 5) is 35.5. The molecule has 7 rings (SSSR count). The fourth-order valence-corrected chi connectivity index (χ4v) is 7.47. The zero-order valence-corrected chi connectivity index (χ0v) is 15.7. The highest BCUT2D eigenvalue weighted by atomic mass is 16.2. The predicted molar refractivity (Wildman–Crippen MR) is 101 cm³/mol. The first-order valence-corrected chi connectivity index (χ1v) is 10.7. The second-order valence-electron chi connectivity index (χ2n) is 9.95. The van der Waals surface area contributed by atoms with E-state index in [2.05, 4.69) is 15.3 Å². The second kappa shape index (κ2) is 5.66. The molecule has 2 N–H and O–H groups in total. The minimum Gasteiger partial charge on any atom is -0.334 e. The first-order valence-electron chi connectivity index (χ1n) is 10.7. The summed E-state index contributed by atoms with van der Waals surface area (Å²) in [5.41, 5.74) is 0.0371. The molecule has 0 aromatic carbocycles. The third-order valence-corrected chi connectivity index (χ3v) is 8.28. The fraction of sp³-hybridized carbons (Fsp3) is 0.762. The van der Waals surface area contributed by atoms with E-state index in [-0.39, 0.29) is 28.5 Å². The lowest BCUT2D eigenvalue weighted by Gasteiger charge is -2.56. The van der Waals surface area contributed by atoms with E-state index in [0.717, 1.165) is 68.9 Å². The summed E-state index contributed by atoms with van der Waals surface area (Å²) in [6.45, 7) is 2.58. The van der Waals surface area contributed by atoms with Crippen LogP contribution in [-0.4, -0.2) is 46.5 Å². The molecule has 1 amide bonds. The molecule has 6 fully saturated rings. The van der Waals surface area contributed by atoms with Crippen LogP contribution in [0.4, 0.5) is 0 Å². The lowest BCUT2D eigenvalue weighted by Crippen LogP contribution is -2.50. The summed E-state index contributed by atoms with van der Waals surface area (Å²) in [6, 6.07) is 0.236. The Morgan fingerprint density at radius 1 is 1.11 bits per heavy atom. The van der Waals surface area contributed by atoms with Crippen molar-refractivity contribution in [3.05, 3.63) is 27.9 Å². The Bertz CT molecular complexity index is 812. The molecule has 1 aromatic rings. The van der Waals surface area contributed by atoms with E-state index in [1.54, 1.807) is 6.20 Å². The molecule has 0 spiro atoms. The van der Waals surface area contributed by atoms with E-state index >= 15 is 0 Å². The number of fused-ring (bicyclic) bond motifs is 1. The minimum atomic E-state index is -0.241. The average molecular weight is 368 g/mol. The van der Waals surface area contributed by atoms with E-state index in [9.17, 15) is 9.59 Å². The Morgan fingerprint density at radius 2 is 1.81 bits per heavy atom. The van der Waals surface area contributed by atoms with Gasteiger partial charge in [0, 0.05) is 37.3 Å². The molecule has 4 aliphatic carbocycles. The number of aromatic amines is 1. The molecule has 6 nitrogen and oxygen atoms in total. The quantitative estimate of drug-likeness (QED) is 0.832. The van der Waals surface area contributed by atoms with Crippen LogP contribution in [-0.2, 0) is 5.41 Å². The Morgan fingerprint density at radius 3 is 2.48 bits per heavy atom. The van der Waals surface area contributed by atoms with E-state index in [1.165, 1.54) is 19.3 Å². The zero-order valence-electron chi connectivity index (χ0n) is 15.7. The number of hydrogen-bond acceptors (Lipinski definition) is 4. The summed E-state index contributed by atoms with van der Waals surface area (Å²) in [5.74, 6) is 3.66. The van der Waals surface area contributed by atoms with Crippen LogP contribution < -0.4 is 10.9 Å². The van der Waals surface area contributed by atoms with Gasteiger partial charge in [-0.25, -0.2) is 4.98 Å². The topological polar surface area (TPSA) is 78.1 Å². The highest BCUT2D eigenvalue weighted by Gasteiger charge is 2.53. The molecule has 2 unspecified atom stereocenters. The SMILES string of the molecule is O=C(c1cnc(C23CC4CC(CC(C4)C2)C3)[nH]c1=O)N1CCC2CNCC21. The third kappa shape index (κ3) is 2.38. The monoisotopic (exact) mass is 368 g/mol. The van der Waals surface area contributed by atoms with E-state index < -0.39 is 0 Å². The summed E-state index contributed by atoms with van der Waals surface area (Å²) in [7, 11) is 0. The molecule has 1 aromatic heterocycles. The zero-order chi connectivity index (χ0) is 18.2. The van der Waals surface area contributed by atoms with Gasteiger partial charge in [0.25, 0.3) is 11.5 Å². The van der Waals surface area contributed by atoms with Crippen LogP contribution in [0.1, 0.15) is 61.1 Å². The molecule has 2 aliphatic heterocycles. The number of nitrogens with zero attached hydrogens (tertiary/aromatic N) is 2. The van der Waals surface area contributed by atoms with Crippen molar-refractivity contribution in [3.8, 4) is 0 Å². The van der Waals surface area contributed by atoms with E-state index in [1.807, 2.05) is 4.90 Å². The second-order valence-corrected chi connectivity index (χ2v) is 9.95. The standard InChI is InChI=1S/C21H28N4O2/c26-18-16(19(27)25-2-1-15-9-22-11-17(15)25)10-23-20(24-18)21-6-12-3-13(7-21)5-14(4-12)8-21/h10,12-15,17,22H,1-9,11H2,(H,23,24,26). The predicted octanol–water partition coefficient (Wildman–Crippen LogP) is 1.67. The van der Waals surface area contributed by atoms with E-state index in [0.29, 0.717) is 5.92 Å². The van der Waals surface area contributed by atoms with Crippen molar-refractivity contribution < 1.29 is 4.79 Å². The molecule has 27 heavy (non-hydrogen) atoms. The normalized spacial score (nSPS) is 41.9. The van der Waals surface area contributed by atoms with Gasteiger partial charge in [-0.3, -0.25) is 9.59 Å². The highest BCUT2D eigenvalue weighted by molar-refractivity contribution is 5.94. The Labute approximate surface area is 159 Å². The van der Waals surface area contributed by atoms with Crippen LogP contribution in [0, 0.1) is 23.7 Å². The van der Waals surface area contributed by atoms with Crippen molar-refractivity contribution in [2.24, 2.45) is 23.7 Å². The Kier molecular flexibility index (Phi) is 3.41. The number of likely N-dealkylation sites (tertiary alicyclic amines) is 1. The molecule has 6 heteroatoms. The largest absolute Gasteiger partial charge is 0.334 e. The maximum Gasteiger partial charge on any atom is 0.263 e. The van der Waals surface area contributed by atoms with Gasteiger partial charge in [0.15, 0.2) is 0 Å². The number of carbonyl (C=O) groups excluding carboxylic acids is 1. The molecule has 2 atom stereocenters. The van der Waals surface area contributed by atoms with Crippen LogP contribution in [0.5, 0.6) is 0 Å². The van der Waals surface area contributed by atoms with Gasteiger partial charge < -0.3 is 15.2 Å². The molecule has 0 radical (unpaired) electrons. The molecule has 4 saturated carbocycles. The first kappa shape index (κ1) is 16.3. The molecule has 2 saturated heterocycles. The van der Waals surface area contributed by atoms with Gasteiger partial charge in [-0.1, -0.05) is 0 Å². The highest BCUT2D eigenvalue weighted by Crippen LogP contribution is 2.59. The minimum absolute atomic E-state index is 0.0591. The lowest BCUT2D eigenvalue weighted by atomic mass is 9.49. The van der Waals surface area contributed by atoms with Gasteiger partial charge in [0.2, 0.25) is 0 Å². The number of rotatable bonds is 2. The molecule has 144 valence electrons. The van der Waals surface area contributed by atoms with Gasteiger partial charge in [-0.05, 0) is 68.6 Å². The van der Waals surface area contributed by atoms with E-state index in [4.69, 9.17) is 0 Å². The van der Waals surface area contributed by atoms with Crippen molar-refractivity contribution in [2.75, 3.05) is 19.6 Å². The van der Waals surface area contributed by atoms with Crippen molar-refractivity contribution in [1.29, 1.82) is 0 Å². The number of H-pyrrole nitrogens is 1. The smallest absolute Gasteiger partial charge is 0.263 e. The van der Waals surface area contributed by atoms with Crippen molar-refractivity contribution in [1.82, 2.24) is 20.2 Å². The van der Waals surface area contributed by atoms with Crippen molar-refractivity contribution in [2.45, 2.75) is 56.4 Å². The Balaban J connectivity index is 1.30. The average Bonchev–Trinajstić information content (AvgIpc) is 3.23. The van der Waals surface area contributed by atoms with Gasteiger partial charge in [0.05, 0.1) is 0 Å². The van der Waals surface area contributed by atoms with Crippen LogP contribution >= 0.6 is 0 Å². The van der Waals surface area contributed by atoms with Crippen LogP contribution in [0.25, 0.3) is 0 Å². The summed E-state index contributed by atoms with van der Waals surface area (Å²) < 4.78 is 0. The number of carbonyl (C=O) groups is 1. The van der Waals surface area contributed by atoms with Crippen LogP contribution in [0.3, 0.4) is 0 Å². The number of amides is 1. The summed E-state index contributed by atoms with van der Waals surface area (Å²) in [6.07, 6.45) is 10.2. The molecular formula is C21H28N4O2. The lowest BCUT2D eigenvalue weighted by molar-refractivity contribution is -0.00955.